The summed E-state index contributed by atoms with van der Waals surface area (Å²) in [5.41, 5.74) is -2.05. The van der Waals surface area contributed by atoms with Crippen LogP contribution in [-0.4, -0.2) is 47.7 Å². The Morgan fingerprint density at radius 1 is 1.33 bits per heavy atom. The number of halogens is 1. The molecule has 30 heavy (non-hydrogen) atoms. The Morgan fingerprint density at radius 3 is 2.53 bits per heavy atom. The molecule has 1 saturated carbocycles. The van der Waals surface area contributed by atoms with Gasteiger partial charge in [-0.05, 0) is 51.0 Å². The van der Waals surface area contributed by atoms with Crippen molar-refractivity contribution >= 4 is 32.7 Å². The number of nitrogens with zero attached hydrogens (tertiary/aromatic N) is 2. The van der Waals surface area contributed by atoms with Gasteiger partial charge in [-0.3, -0.25) is 9.59 Å². The van der Waals surface area contributed by atoms with Gasteiger partial charge in [-0.25, -0.2) is 16.8 Å². The average Bonchev–Trinajstić information content (AvgIpc) is 3.26. The quantitative estimate of drug-likeness (QED) is 0.689. The number of rotatable bonds is 7. The van der Waals surface area contributed by atoms with E-state index in [-0.39, 0.29) is 12.0 Å². The summed E-state index contributed by atoms with van der Waals surface area (Å²) >= 11 is 0. The highest BCUT2D eigenvalue weighted by atomic mass is 32.2. The van der Waals surface area contributed by atoms with Crippen LogP contribution in [0.2, 0.25) is 0 Å². The van der Waals surface area contributed by atoms with Gasteiger partial charge < -0.3 is 10.6 Å². The number of benzene rings is 1. The lowest BCUT2D eigenvalue weighted by Crippen LogP contribution is -2.52. The van der Waals surface area contributed by atoms with Crippen molar-refractivity contribution in [2.45, 2.75) is 50.4 Å². The highest BCUT2D eigenvalue weighted by Gasteiger charge is 2.46. The van der Waals surface area contributed by atoms with Crippen molar-refractivity contribution in [3.05, 3.63) is 36.0 Å². The Kier molecular flexibility index (Phi) is 5.37. The summed E-state index contributed by atoms with van der Waals surface area (Å²) in [6.07, 6.45) is 3.23. The van der Waals surface area contributed by atoms with Crippen molar-refractivity contribution in [1.29, 1.82) is 5.26 Å². The number of amides is 2. The molecule has 3 rings (SSSR count). The van der Waals surface area contributed by atoms with E-state index in [0.717, 1.165) is 10.2 Å². The van der Waals surface area contributed by atoms with Crippen LogP contribution in [0, 0.1) is 11.3 Å². The molecule has 1 aliphatic rings. The van der Waals surface area contributed by atoms with Crippen molar-refractivity contribution in [1.82, 2.24) is 14.6 Å². The fourth-order valence-corrected chi connectivity index (χ4v) is 4.00. The zero-order valence-electron chi connectivity index (χ0n) is 16.9. The first-order chi connectivity index (χ1) is 13.8. The lowest BCUT2D eigenvalue weighted by Gasteiger charge is -2.24. The molecule has 0 saturated heterocycles. The minimum absolute atomic E-state index is 0.199. The van der Waals surface area contributed by atoms with Crippen LogP contribution in [0.3, 0.4) is 0 Å². The second kappa shape index (κ2) is 7.40. The van der Waals surface area contributed by atoms with Gasteiger partial charge in [0, 0.05) is 23.6 Å². The Hall–Kier alpha value is -2.93. The number of nitriles is 1. The fourth-order valence-electron chi connectivity index (χ4n) is 3.20. The van der Waals surface area contributed by atoms with Crippen molar-refractivity contribution in [2.24, 2.45) is 0 Å². The van der Waals surface area contributed by atoms with Crippen LogP contribution in [0.25, 0.3) is 10.9 Å². The van der Waals surface area contributed by atoms with Crippen molar-refractivity contribution in [3.8, 4) is 6.07 Å². The number of hydrogen-bond donors (Lipinski definition) is 2. The smallest absolute Gasteiger partial charge is 0.251 e. The van der Waals surface area contributed by atoms with E-state index in [2.05, 4.69) is 10.6 Å². The number of fused-ring (bicyclic) bond motifs is 1. The molecule has 2 amide bonds. The first kappa shape index (κ1) is 21.8. The molecular formula is C20H23FN4O4S. The van der Waals surface area contributed by atoms with Gasteiger partial charge >= 0.3 is 0 Å². The second-order valence-electron chi connectivity index (χ2n) is 8.28. The van der Waals surface area contributed by atoms with E-state index >= 15 is 0 Å². The minimum atomic E-state index is -3.49. The summed E-state index contributed by atoms with van der Waals surface area (Å²) in [4.78, 5) is 25.4. The number of nitrogens with one attached hydrogen (secondary N) is 2. The van der Waals surface area contributed by atoms with E-state index in [1.165, 1.54) is 38.2 Å². The molecule has 160 valence electrons. The molecule has 1 unspecified atom stereocenters. The van der Waals surface area contributed by atoms with Gasteiger partial charge in [0.15, 0.2) is 0 Å². The third-order valence-electron chi connectivity index (χ3n) is 4.91. The first-order valence-electron chi connectivity index (χ1n) is 9.38. The Morgan fingerprint density at radius 2 is 2.00 bits per heavy atom. The maximum Gasteiger partial charge on any atom is 0.251 e. The zero-order chi connectivity index (χ0) is 22.3. The van der Waals surface area contributed by atoms with Gasteiger partial charge in [-0.2, -0.15) is 5.26 Å². The normalized spacial score (nSPS) is 16.5. The minimum Gasteiger partial charge on any atom is -0.340 e. The predicted molar refractivity (Wildman–Crippen MR) is 109 cm³/mol. The molecule has 1 fully saturated rings. The van der Waals surface area contributed by atoms with Gasteiger partial charge in [-0.15, -0.1) is 0 Å². The molecule has 0 radical (unpaired) electrons. The van der Waals surface area contributed by atoms with Crippen LogP contribution < -0.4 is 10.6 Å². The van der Waals surface area contributed by atoms with E-state index in [9.17, 15) is 22.4 Å². The monoisotopic (exact) mass is 434 g/mol. The maximum atomic E-state index is 14.2. The molecule has 8 nitrogen and oxygen atoms in total. The van der Waals surface area contributed by atoms with Gasteiger partial charge in [-0.1, -0.05) is 0 Å². The largest absolute Gasteiger partial charge is 0.340 e. The molecule has 0 aliphatic heterocycles. The second-order valence-corrected chi connectivity index (χ2v) is 10.1. The molecule has 0 spiro atoms. The fraction of sp³-hybridized carbons (Fsp3) is 0.450. The number of alkyl halides is 1. The third-order valence-corrected chi connectivity index (χ3v) is 5.94. The van der Waals surface area contributed by atoms with Crippen molar-refractivity contribution in [3.63, 3.8) is 0 Å². The van der Waals surface area contributed by atoms with E-state index < -0.39 is 39.1 Å². The molecule has 2 aromatic rings. The lowest BCUT2D eigenvalue weighted by atomic mass is 9.99. The third kappa shape index (κ3) is 4.79. The molecule has 1 aliphatic carbocycles. The van der Waals surface area contributed by atoms with Gasteiger partial charge in [0.05, 0.1) is 17.8 Å². The standard InChI is InChI=1S/C20H23FN4O4S/c1-19(2,21)11-15(18(27)24-20(12-22)7-8-20)23-17(26)14-4-5-16-13(10-14)6-9-25(16)30(3,28)29/h4-6,9-10,15H,7-8,11H2,1-3H3,(H,23,26)(H,24,27). The van der Waals surface area contributed by atoms with Crippen molar-refractivity contribution in [2.75, 3.05) is 6.26 Å². The molecule has 1 aromatic carbocycles. The summed E-state index contributed by atoms with van der Waals surface area (Å²) in [6.45, 7) is 2.60. The highest BCUT2D eigenvalue weighted by Crippen LogP contribution is 2.34. The molecule has 10 heteroatoms. The van der Waals surface area contributed by atoms with Crippen molar-refractivity contribution < 1.29 is 22.4 Å². The van der Waals surface area contributed by atoms with Crippen LogP contribution >= 0.6 is 0 Å². The Bertz CT molecular complexity index is 1150. The molecule has 1 aromatic heterocycles. The van der Waals surface area contributed by atoms with Crippen LogP contribution in [-0.2, 0) is 14.8 Å². The number of aromatic nitrogens is 1. The molecular weight excluding hydrogens is 411 g/mol. The van der Waals surface area contributed by atoms with E-state index in [4.69, 9.17) is 5.26 Å². The van der Waals surface area contributed by atoms with Gasteiger partial charge in [0.1, 0.15) is 17.2 Å². The molecule has 0 bridgehead atoms. The Balaban J connectivity index is 1.82. The first-order valence-corrected chi connectivity index (χ1v) is 11.2. The maximum absolute atomic E-state index is 14.2. The number of carbonyl (C=O) groups excluding carboxylic acids is 2. The molecule has 1 atom stereocenters. The predicted octanol–water partition coefficient (Wildman–Crippen LogP) is 1.86. The summed E-state index contributed by atoms with van der Waals surface area (Å²) in [5.74, 6) is -1.22. The van der Waals surface area contributed by atoms with E-state index in [0.29, 0.717) is 23.7 Å². The summed E-state index contributed by atoms with van der Waals surface area (Å²) in [6, 6.07) is 6.86. The van der Waals surface area contributed by atoms with Crippen LogP contribution in [0.5, 0.6) is 0 Å². The number of hydrogen-bond acceptors (Lipinski definition) is 5. The topological polar surface area (TPSA) is 121 Å². The van der Waals surface area contributed by atoms with Gasteiger partial charge in [0.25, 0.3) is 5.91 Å². The van der Waals surface area contributed by atoms with Crippen LogP contribution in [0.15, 0.2) is 30.5 Å². The molecule has 2 N–H and O–H groups in total. The zero-order valence-corrected chi connectivity index (χ0v) is 17.7. The van der Waals surface area contributed by atoms with Crippen LogP contribution in [0.4, 0.5) is 4.39 Å². The summed E-state index contributed by atoms with van der Waals surface area (Å²) < 4.78 is 39.0. The number of carbonyl (C=O) groups is 2. The van der Waals surface area contributed by atoms with E-state index in [1.54, 1.807) is 6.07 Å². The summed E-state index contributed by atoms with van der Waals surface area (Å²) in [5, 5.41) is 14.8. The summed E-state index contributed by atoms with van der Waals surface area (Å²) in [7, 11) is -3.49. The van der Waals surface area contributed by atoms with Gasteiger partial charge in [0.2, 0.25) is 15.9 Å². The van der Waals surface area contributed by atoms with E-state index in [1.807, 2.05) is 6.07 Å². The highest BCUT2D eigenvalue weighted by molar-refractivity contribution is 7.89. The SMILES string of the molecule is CC(C)(F)CC(NC(=O)c1ccc2c(ccn2S(C)(=O)=O)c1)C(=O)NC1(C#N)CC1. The average molecular weight is 434 g/mol. The van der Waals surface area contributed by atoms with Crippen LogP contribution in [0.1, 0.15) is 43.5 Å². The Labute approximate surface area is 174 Å². The lowest BCUT2D eigenvalue weighted by molar-refractivity contribution is -0.124. The molecule has 1 heterocycles.